The molecule has 0 fully saturated rings. The summed E-state index contributed by atoms with van der Waals surface area (Å²) in [7, 11) is 0. The van der Waals surface area contributed by atoms with Gasteiger partial charge in [-0.2, -0.15) is 5.26 Å². The summed E-state index contributed by atoms with van der Waals surface area (Å²) in [6, 6.07) is 19.7. The van der Waals surface area contributed by atoms with Crippen molar-refractivity contribution < 1.29 is 28.5 Å². The van der Waals surface area contributed by atoms with Crippen LogP contribution in [0.4, 0.5) is 0 Å². The van der Waals surface area contributed by atoms with E-state index in [1.165, 1.54) is 0 Å². The zero-order valence-corrected chi connectivity index (χ0v) is 23.1. The standard InChI is InChI=1S/C32H34N2O6/c1-4-7-16-38-27-14-11-21(18-29(27)36-6-3)30-25-13-12-24(19-28(25)40-31(34)26(30)20-33)39-32(35)22-9-8-10-23(17-22)37-15-5-2/h8-14,17-19,30H,4-7,15-16,34H2,1-3H3. The molecule has 0 spiro atoms. The molecule has 40 heavy (non-hydrogen) atoms. The Hall–Kier alpha value is -4.64. The molecule has 1 heterocycles. The van der Waals surface area contributed by atoms with E-state index < -0.39 is 11.9 Å². The Labute approximate surface area is 234 Å². The molecule has 0 aliphatic carbocycles. The van der Waals surface area contributed by atoms with E-state index in [0.29, 0.717) is 53.9 Å². The van der Waals surface area contributed by atoms with Gasteiger partial charge in [0.1, 0.15) is 28.9 Å². The Balaban J connectivity index is 1.63. The molecule has 0 amide bonds. The maximum Gasteiger partial charge on any atom is 0.343 e. The van der Waals surface area contributed by atoms with Crippen molar-refractivity contribution in [3.8, 4) is 34.8 Å². The Morgan fingerprint density at radius 3 is 2.52 bits per heavy atom. The van der Waals surface area contributed by atoms with E-state index in [1.807, 2.05) is 32.0 Å². The van der Waals surface area contributed by atoms with Gasteiger partial charge in [-0.3, -0.25) is 0 Å². The number of benzene rings is 3. The highest BCUT2D eigenvalue weighted by Crippen LogP contribution is 2.45. The van der Waals surface area contributed by atoms with Crippen LogP contribution in [0.1, 0.15) is 67.4 Å². The van der Waals surface area contributed by atoms with Crippen molar-refractivity contribution >= 4 is 5.97 Å². The van der Waals surface area contributed by atoms with Crippen molar-refractivity contribution in [2.75, 3.05) is 19.8 Å². The molecule has 0 saturated heterocycles. The van der Waals surface area contributed by atoms with Crippen LogP contribution in [0.25, 0.3) is 0 Å². The number of allylic oxidation sites excluding steroid dienone is 1. The molecule has 0 radical (unpaired) electrons. The van der Waals surface area contributed by atoms with Gasteiger partial charge < -0.3 is 29.4 Å². The van der Waals surface area contributed by atoms with Gasteiger partial charge in [0.2, 0.25) is 5.88 Å². The lowest BCUT2D eigenvalue weighted by Gasteiger charge is -2.27. The molecular weight excluding hydrogens is 508 g/mol. The van der Waals surface area contributed by atoms with E-state index in [1.54, 1.807) is 42.5 Å². The van der Waals surface area contributed by atoms with Crippen LogP contribution in [0, 0.1) is 11.3 Å². The van der Waals surface area contributed by atoms with Crippen molar-refractivity contribution in [2.24, 2.45) is 5.73 Å². The molecular formula is C32H34N2O6. The number of carbonyl (C=O) groups is 1. The number of nitrogens with zero attached hydrogens (tertiary/aromatic N) is 1. The maximum absolute atomic E-state index is 12.9. The molecule has 1 aliphatic heterocycles. The molecule has 0 saturated carbocycles. The first-order valence-corrected chi connectivity index (χ1v) is 13.5. The predicted octanol–water partition coefficient (Wildman–Crippen LogP) is 6.49. The highest BCUT2D eigenvalue weighted by atomic mass is 16.5. The lowest BCUT2D eigenvalue weighted by atomic mass is 9.83. The molecule has 8 heteroatoms. The summed E-state index contributed by atoms with van der Waals surface area (Å²) in [6.45, 7) is 7.63. The third-order valence-corrected chi connectivity index (χ3v) is 6.30. The molecule has 8 nitrogen and oxygen atoms in total. The van der Waals surface area contributed by atoms with Crippen molar-refractivity contribution in [1.82, 2.24) is 0 Å². The third-order valence-electron chi connectivity index (χ3n) is 6.30. The number of ether oxygens (including phenoxy) is 5. The second kappa shape index (κ2) is 13.4. The number of unbranched alkanes of at least 4 members (excludes halogenated alkanes) is 1. The summed E-state index contributed by atoms with van der Waals surface area (Å²) in [6.07, 6.45) is 2.82. The molecule has 1 unspecified atom stereocenters. The number of rotatable bonds is 12. The van der Waals surface area contributed by atoms with Gasteiger partial charge in [-0.15, -0.1) is 0 Å². The Bertz CT molecular complexity index is 1430. The quantitative estimate of drug-likeness (QED) is 0.157. The highest BCUT2D eigenvalue weighted by Gasteiger charge is 2.32. The number of nitriles is 1. The molecule has 3 aromatic carbocycles. The molecule has 1 atom stereocenters. The first-order chi connectivity index (χ1) is 19.5. The summed E-state index contributed by atoms with van der Waals surface area (Å²) in [5.74, 6) is 1.47. The van der Waals surface area contributed by atoms with Crippen molar-refractivity contribution in [2.45, 2.75) is 46.0 Å². The average molecular weight is 543 g/mol. The number of carbonyl (C=O) groups excluding carboxylic acids is 1. The second-order valence-corrected chi connectivity index (χ2v) is 9.23. The monoisotopic (exact) mass is 542 g/mol. The number of hydrogen-bond acceptors (Lipinski definition) is 8. The first-order valence-electron chi connectivity index (χ1n) is 13.5. The van der Waals surface area contributed by atoms with Gasteiger partial charge in [0, 0.05) is 11.6 Å². The number of hydrogen-bond donors (Lipinski definition) is 1. The molecule has 0 aromatic heterocycles. The summed E-state index contributed by atoms with van der Waals surface area (Å²) in [5, 5.41) is 9.96. The Kier molecular flexibility index (Phi) is 9.53. The van der Waals surface area contributed by atoms with Crippen molar-refractivity contribution in [3.05, 3.63) is 88.8 Å². The fraction of sp³-hybridized carbons (Fsp3) is 0.312. The number of esters is 1. The Morgan fingerprint density at radius 1 is 0.925 bits per heavy atom. The average Bonchev–Trinajstić information content (AvgIpc) is 2.96. The van der Waals surface area contributed by atoms with Gasteiger partial charge in [0.25, 0.3) is 0 Å². The summed E-state index contributed by atoms with van der Waals surface area (Å²) >= 11 is 0. The normalized spacial score (nSPS) is 14.0. The summed E-state index contributed by atoms with van der Waals surface area (Å²) < 4.78 is 28.9. The van der Waals surface area contributed by atoms with Crippen LogP contribution in [0.15, 0.2) is 72.1 Å². The number of fused-ring (bicyclic) bond motifs is 1. The zero-order chi connectivity index (χ0) is 28.5. The fourth-order valence-corrected chi connectivity index (χ4v) is 4.36. The van der Waals surface area contributed by atoms with Crippen LogP contribution >= 0.6 is 0 Å². The van der Waals surface area contributed by atoms with E-state index in [9.17, 15) is 10.1 Å². The van der Waals surface area contributed by atoms with Crippen LogP contribution in [0.2, 0.25) is 0 Å². The highest BCUT2D eigenvalue weighted by molar-refractivity contribution is 5.91. The van der Waals surface area contributed by atoms with Crippen LogP contribution in [-0.4, -0.2) is 25.8 Å². The van der Waals surface area contributed by atoms with E-state index >= 15 is 0 Å². The number of nitrogens with two attached hydrogens (primary N) is 1. The largest absolute Gasteiger partial charge is 0.494 e. The van der Waals surface area contributed by atoms with Crippen molar-refractivity contribution in [1.29, 1.82) is 5.26 Å². The smallest absolute Gasteiger partial charge is 0.343 e. The maximum atomic E-state index is 12.9. The molecule has 208 valence electrons. The van der Waals surface area contributed by atoms with E-state index in [2.05, 4.69) is 13.0 Å². The molecule has 4 rings (SSSR count). The predicted molar refractivity (Wildman–Crippen MR) is 151 cm³/mol. The first kappa shape index (κ1) is 28.4. The van der Waals surface area contributed by atoms with E-state index in [0.717, 1.165) is 24.8 Å². The van der Waals surface area contributed by atoms with Gasteiger partial charge in [0.15, 0.2) is 11.5 Å². The van der Waals surface area contributed by atoms with Gasteiger partial charge in [-0.05, 0) is 61.7 Å². The van der Waals surface area contributed by atoms with Gasteiger partial charge in [-0.1, -0.05) is 38.5 Å². The lowest BCUT2D eigenvalue weighted by molar-refractivity contribution is 0.0734. The summed E-state index contributed by atoms with van der Waals surface area (Å²) in [4.78, 5) is 12.9. The SMILES string of the molecule is CCCCOc1ccc(C2C(C#N)=C(N)Oc3cc(OC(=O)c4cccc(OCCC)c4)ccc32)cc1OCC. The minimum atomic E-state index is -0.532. The third kappa shape index (κ3) is 6.49. The van der Waals surface area contributed by atoms with Crippen LogP contribution in [-0.2, 0) is 0 Å². The minimum absolute atomic E-state index is 0.00881. The summed E-state index contributed by atoms with van der Waals surface area (Å²) in [5.41, 5.74) is 8.34. The van der Waals surface area contributed by atoms with Gasteiger partial charge in [-0.25, -0.2) is 4.79 Å². The minimum Gasteiger partial charge on any atom is -0.494 e. The van der Waals surface area contributed by atoms with Crippen LogP contribution in [0.3, 0.4) is 0 Å². The zero-order valence-electron chi connectivity index (χ0n) is 23.1. The lowest BCUT2D eigenvalue weighted by Crippen LogP contribution is -2.21. The van der Waals surface area contributed by atoms with E-state index in [-0.39, 0.29) is 17.2 Å². The van der Waals surface area contributed by atoms with Crippen LogP contribution in [0.5, 0.6) is 28.7 Å². The van der Waals surface area contributed by atoms with Crippen LogP contribution < -0.4 is 29.4 Å². The molecule has 1 aliphatic rings. The van der Waals surface area contributed by atoms with Gasteiger partial charge >= 0.3 is 5.97 Å². The second-order valence-electron chi connectivity index (χ2n) is 9.23. The van der Waals surface area contributed by atoms with Gasteiger partial charge in [0.05, 0.1) is 31.3 Å². The molecule has 3 aromatic rings. The van der Waals surface area contributed by atoms with Crippen molar-refractivity contribution in [3.63, 3.8) is 0 Å². The topological polar surface area (TPSA) is 113 Å². The Morgan fingerprint density at radius 2 is 1.77 bits per heavy atom. The fourth-order valence-electron chi connectivity index (χ4n) is 4.36. The molecule has 2 N–H and O–H groups in total. The molecule has 0 bridgehead atoms. The van der Waals surface area contributed by atoms with E-state index in [4.69, 9.17) is 29.4 Å².